The van der Waals surface area contributed by atoms with Crippen LogP contribution in [0.25, 0.3) is 10.9 Å². The molecule has 1 saturated carbocycles. The maximum atomic E-state index is 12.6. The minimum atomic E-state index is -0.209. The van der Waals surface area contributed by atoms with Crippen molar-refractivity contribution in [1.29, 1.82) is 0 Å². The van der Waals surface area contributed by atoms with Crippen LogP contribution < -0.4 is 0 Å². The summed E-state index contributed by atoms with van der Waals surface area (Å²) in [7, 11) is 2.17. The minimum Gasteiger partial charge on any atom is -0.458 e. The van der Waals surface area contributed by atoms with E-state index in [9.17, 15) is 4.79 Å². The number of hydrogen-bond acceptors (Lipinski definition) is 4. The Labute approximate surface area is 130 Å². The zero-order valence-electron chi connectivity index (χ0n) is 12.7. The van der Waals surface area contributed by atoms with Crippen LogP contribution in [0.2, 0.25) is 0 Å². The lowest BCUT2D eigenvalue weighted by Crippen LogP contribution is -2.53. The first-order valence-electron chi connectivity index (χ1n) is 7.97. The fraction of sp³-hybridized carbons (Fsp3) is 0.444. The number of rotatable bonds is 2. The van der Waals surface area contributed by atoms with Crippen LogP contribution in [0.3, 0.4) is 0 Å². The van der Waals surface area contributed by atoms with Gasteiger partial charge < -0.3 is 9.64 Å². The van der Waals surface area contributed by atoms with Crippen LogP contribution >= 0.6 is 0 Å². The summed E-state index contributed by atoms with van der Waals surface area (Å²) < 4.78 is 5.87. The molecule has 0 amide bonds. The normalized spacial score (nSPS) is 28.0. The molecule has 3 atom stereocenters. The van der Waals surface area contributed by atoms with Gasteiger partial charge in [0.05, 0.1) is 11.1 Å². The average molecular weight is 296 g/mol. The number of esters is 1. The molecule has 0 radical (unpaired) electrons. The van der Waals surface area contributed by atoms with E-state index in [4.69, 9.17) is 4.74 Å². The third kappa shape index (κ3) is 2.28. The SMILES string of the molecule is CN1C[C@H]2CC[C@@H]1C[C@@H]2OC(=O)c1ccnc2ccccc12. The van der Waals surface area contributed by atoms with Gasteiger partial charge in [-0.15, -0.1) is 0 Å². The number of piperidine rings is 2. The molecule has 0 spiro atoms. The molecule has 4 heteroatoms. The quantitative estimate of drug-likeness (QED) is 0.799. The molecule has 3 fully saturated rings. The van der Waals surface area contributed by atoms with Crippen LogP contribution in [-0.2, 0) is 4.74 Å². The second kappa shape index (κ2) is 5.36. The Morgan fingerprint density at radius 2 is 2.14 bits per heavy atom. The van der Waals surface area contributed by atoms with Crippen molar-refractivity contribution in [3.63, 3.8) is 0 Å². The van der Waals surface area contributed by atoms with Gasteiger partial charge in [0.1, 0.15) is 6.10 Å². The number of carbonyl (C=O) groups excluding carboxylic acids is 1. The molecule has 2 bridgehead atoms. The smallest absolute Gasteiger partial charge is 0.339 e. The van der Waals surface area contributed by atoms with E-state index in [1.165, 1.54) is 12.8 Å². The summed E-state index contributed by atoms with van der Waals surface area (Å²) in [5.74, 6) is 0.269. The van der Waals surface area contributed by atoms with E-state index >= 15 is 0 Å². The fourth-order valence-electron chi connectivity index (χ4n) is 3.92. The molecule has 0 unspecified atom stereocenters. The number of ether oxygens (including phenoxy) is 1. The number of benzene rings is 1. The maximum Gasteiger partial charge on any atom is 0.339 e. The van der Waals surface area contributed by atoms with Crippen molar-refractivity contribution in [2.24, 2.45) is 5.92 Å². The van der Waals surface area contributed by atoms with E-state index < -0.39 is 0 Å². The highest BCUT2D eigenvalue weighted by molar-refractivity contribution is 6.03. The number of fused-ring (bicyclic) bond motifs is 4. The van der Waals surface area contributed by atoms with Crippen LogP contribution in [0.4, 0.5) is 0 Å². The van der Waals surface area contributed by atoms with Crippen molar-refractivity contribution in [3.8, 4) is 0 Å². The van der Waals surface area contributed by atoms with Crippen LogP contribution in [0.5, 0.6) is 0 Å². The highest BCUT2D eigenvalue weighted by atomic mass is 16.5. The highest BCUT2D eigenvalue weighted by Gasteiger charge is 2.40. The van der Waals surface area contributed by atoms with E-state index in [0.717, 1.165) is 23.9 Å². The molecular weight excluding hydrogens is 276 g/mol. The predicted octanol–water partition coefficient (Wildman–Crippen LogP) is 2.87. The summed E-state index contributed by atoms with van der Waals surface area (Å²) in [5.41, 5.74) is 1.46. The van der Waals surface area contributed by atoms with Gasteiger partial charge in [0.2, 0.25) is 0 Å². The van der Waals surface area contributed by atoms with Gasteiger partial charge in [-0.1, -0.05) is 18.2 Å². The Balaban J connectivity index is 1.57. The van der Waals surface area contributed by atoms with E-state index in [0.29, 0.717) is 17.5 Å². The number of aromatic nitrogens is 1. The average Bonchev–Trinajstić information content (AvgIpc) is 2.55. The molecule has 1 aromatic heterocycles. The Morgan fingerprint density at radius 3 is 2.91 bits per heavy atom. The van der Waals surface area contributed by atoms with Gasteiger partial charge in [-0.25, -0.2) is 4.79 Å². The second-order valence-electron chi connectivity index (χ2n) is 6.49. The number of nitrogens with zero attached hydrogens (tertiary/aromatic N) is 2. The molecule has 5 rings (SSSR count). The van der Waals surface area contributed by atoms with Crippen molar-refractivity contribution in [3.05, 3.63) is 42.1 Å². The van der Waals surface area contributed by atoms with E-state index in [-0.39, 0.29) is 12.1 Å². The summed E-state index contributed by atoms with van der Waals surface area (Å²) in [6.07, 6.45) is 5.11. The van der Waals surface area contributed by atoms with Crippen LogP contribution in [0, 0.1) is 5.92 Å². The van der Waals surface area contributed by atoms with Gasteiger partial charge in [-0.3, -0.25) is 4.98 Å². The molecule has 0 N–H and O–H groups in total. The molecular formula is C18H20N2O2. The molecule has 2 saturated heterocycles. The summed E-state index contributed by atoms with van der Waals surface area (Å²) in [4.78, 5) is 19.3. The fourth-order valence-corrected chi connectivity index (χ4v) is 3.92. The van der Waals surface area contributed by atoms with Crippen LogP contribution in [0.1, 0.15) is 29.6 Å². The largest absolute Gasteiger partial charge is 0.458 e. The van der Waals surface area contributed by atoms with Gasteiger partial charge in [0.15, 0.2) is 0 Å². The van der Waals surface area contributed by atoms with Crippen molar-refractivity contribution in [1.82, 2.24) is 9.88 Å². The summed E-state index contributed by atoms with van der Waals surface area (Å²) in [6.45, 7) is 1.04. The van der Waals surface area contributed by atoms with Gasteiger partial charge >= 0.3 is 5.97 Å². The van der Waals surface area contributed by atoms with Gasteiger partial charge in [-0.05, 0) is 32.0 Å². The first-order valence-corrected chi connectivity index (χ1v) is 7.97. The number of para-hydroxylation sites is 1. The lowest BCUT2D eigenvalue weighted by molar-refractivity contribution is -0.0557. The molecule has 1 aromatic carbocycles. The Morgan fingerprint density at radius 1 is 1.27 bits per heavy atom. The van der Waals surface area contributed by atoms with Gasteiger partial charge in [0, 0.05) is 36.5 Å². The molecule has 114 valence electrons. The number of hydrogen-bond donors (Lipinski definition) is 0. The van der Waals surface area contributed by atoms with E-state index in [1.807, 2.05) is 24.3 Å². The minimum absolute atomic E-state index is 0.0642. The zero-order chi connectivity index (χ0) is 15.1. The highest BCUT2D eigenvalue weighted by Crippen LogP contribution is 2.36. The van der Waals surface area contributed by atoms with Gasteiger partial charge in [0.25, 0.3) is 0 Å². The molecule has 22 heavy (non-hydrogen) atoms. The van der Waals surface area contributed by atoms with Crippen molar-refractivity contribution < 1.29 is 9.53 Å². The lowest BCUT2D eigenvalue weighted by Gasteiger charge is -2.47. The molecule has 4 nitrogen and oxygen atoms in total. The predicted molar refractivity (Wildman–Crippen MR) is 84.7 cm³/mol. The molecule has 2 aromatic rings. The topological polar surface area (TPSA) is 42.4 Å². The zero-order valence-corrected chi connectivity index (χ0v) is 12.7. The Bertz CT molecular complexity index is 710. The summed E-state index contributed by atoms with van der Waals surface area (Å²) in [5, 5.41) is 0.869. The first-order chi connectivity index (χ1) is 10.7. The number of pyridine rings is 1. The van der Waals surface area contributed by atoms with E-state index in [1.54, 1.807) is 12.3 Å². The van der Waals surface area contributed by atoms with Crippen molar-refractivity contribution in [2.45, 2.75) is 31.4 Å². The molecule has 1 aliphatic carbocycles. The van der Waals surface area contributed by atoms with Crippen molar-refractivity contribution in [2.75, 3.05) is 13.6 Å². The monoisotopic (exact) mass is 296 g/mol. The molecule has 3 heterocycles. The molecule has 3 aliphatic rings. The van der Waals surface area contributed by atoms with E-state index in [2.05, 4.69) is 16.9 Å². The van der Waals surface area contributed by atoms with Crippen LogP contribution in [-0.4, -0.2) is 41.6 Å². The molecule has 2 aliphatic heterocycles. The maximum absolute atomic E-state index is 12.6. The second-order valence-corrected chi connectivity index (χ2v) is 6.49. The Kier molecular flexibility index (Phi) is 3.34. The number of carbonyl (C=O) groups is 1. The summed E-state index contributed by atoms with van der Waals surface area (Å²) >= 11 is 0. The first kappa shape index (κ1) is 13.7. The Hall–Kier alpha value is -1.94. The third-order valence-electron chi connectivity index (χ3n) is 5.17. The van der Waals surface area contributed by atoms with Crippen molar-refractivity contribution >= 4 is 16.9 Å². The standard InChI is InChI=1S/C18H20N2O2/c1-20-11-12-6-7-13(20)10-17(12)22-18(21)15-8-9-19-16-5-3-2-4-14(15)16/h2-5,8-9,12-13,17H,6-7,10-11H2,1H3/t12-,13-,17+/m1/s1. The van der Waals surface area contributed by atoms with Crippen LogP contribution in [0.15, 0.2) is 36.5 Å². The van der Waals surface area contributed by atoms with Gasteiger partial charge in [-0.2, -0.15) is 0 Å². The lowest BCUT2D eigenvalue weighted by atomic mass is 9.78. The summed E-state index contributed by atoms with van der Waals surface area (Å²) in [6, 6.07) is 10.0. The third-order valence-corrected chi connectivity index (χ3v) is 5.17.